The number of nitrogens with zero attached hydrogens (tertiary/aromatic N) is 6. The topological polar surface area (TPSA) is 128 Å². The number of rotatable bonds is 5. The highest BCUT2D eigenvalue weighted by atomic mass is 35.5. The molecule has 1 aliphatic rings. The van der Waals surface area contributed by atoms with Gasteiger partial charge in [0.1, 0.15) is 5.52 Å². The van der Waals surface area contributed by atoms with Crippen LogP contribution in [-0.2, 0) is 6.54 Å². The van der Waals surface area contributed by atoms with Gasteiger partial charge in [-0.25, -0.2) is 14.6 Å². The average molecular weight is 453 g/mol. The number of hydrazine groups is 1. The van der Waals surface area contributed by atoms with Gasteiger partial charge in [-0.15, -0.1) is 0 Å². The first-order valence-corrected chi connectivity index (χ1v) is 10.7. The summed E-state index contributed by atoms with van der Waals surface area (Å²) in [6.07, 6.45) is 3.68. The summed E-state index contributed by atoms with van der Waals surface area (Å²) in [5.74, 6) is 0.331. The standard InChI is InChI=1S/C21H21ClN8O2/c1-2-30-18-14(21(31)26-29-8-3-4-9-29)11-24-15(12-6-5-7-13(22)10-12)16(18)25-20(30)17-19(23)28-32-27-17/h5-7,10-11H,2-4,8-9H2,1H3,(H2,23,28)(H,26,31). The molecule has 0 radical (unpaired) electrons. The van der Waals surface area contributed by atoms with E-state index in [1.165, 1.54) is 0 Å². The number of nitrogens with one attached hydrogen (secondary N) is 1. The van der Waals surface area contributed by atoms with Crippen molar-refractivity contribution >= 4 is 34.4 Å². The fraction of sp³-hybridized carbons (Fsp3) is 0.286. The number of fused-ring (bicyclic) bond motifs is 1. The second-order valence-corrected chi connectivity index (χ2v) is 7.98. The monoisotopic (exact) mass is 452 g/mol. The van der Waals surface area contributed by atoms with Crippen molar-refractivity contribution in [2.24, 2.45) is 0 Å². The molecule has 1 amide bonds. The largest absolute Gasteiger partial charge is 0.379 e. The number of pyridine rings is 1. The highest BCUT2D eigenvalue weighted by molar-refractivity contribution is 6.30. The van der Waals surface area contributed by atoms with Gasteiger partial charge in [0.15, 0.2) is 17.3 Å². The molecule has 0 bridgehead atoms. The molecule has 3 aromatic heterocycles. The van der Waals surface area contributed by atoms with Crippen LogP contribution in [0.4, 0.5) is 5.82 Å². The second-order valence-electron chi connectivity index (χ2n) is 7.54. The predicted octanol–water partition coefficient (Wildman–Crippen LogP) is 3.14. The lowest BCUT2D eigenvalue weighted by molar-refractivity contribution is 0.0827. The summed E-state index contributed by atoms with van der Waals surface area (Å²) in [7, 11) is 0. The molecule has 1 aromatic carbocycles. The number of carbonyl (C=O) groups excluding carboxylic acids is 1. The van der Waals surface area contributed by atoms with E-state index in [4.69, 9.17) is 26.9 Å². The number of hydrogen-bond donors (Lipinski definition) is 2. The summed E-state index contributed by atoms with van der Waals surface area (Å²) in [5, 5.41) is 10.1. The number of nitrogens with two attached hydrogens (primary N) is 1. The van der Waals surface area contributed by atoms with Crippen LogP contribution in [0.25, 0.3) is 33.8 Å². The van der Waals surface area contributed by atoms with E-state index >= 15 is 0 Å². The molecule has 0 atom stereocenters. The van der Waals surface area contributed by atoms with E-state index in [0.717, 1.165) is 31.5 Å². The number of halogens is 1. The normalized spacial score (nSPS) is 14.3. The van der Waals surface area contributed by atoms with Crippen LogP contribution in [-0.4, -0.2) is 48.9 Å². The Bertz CT molecular complexity index is 1310. The van der Waals surface area contributed by atoms with Crippen LogP contribution < -0.4 is 11.2 Å². The van der Waals surface area contributed by atoms with Crippen LogP contribution in [0, 0.1) is 0 Å². The molecule has 1 saturated heterocycles. The Hall–Kier alpha value is -3.50. The maximum Gasteiger partial charge on any atom is 0.269 e. The zero-order valence-corrected chi connectivity index (χ0v) is 18.1. The molecule has 4 aromatic rings. The molecule has 5 rings (SSSR count). The number of carbonyl (C=O) groups is 1. The van der Waals surface area contributed by atoms with Crippen LogP contribution in [0.2, 0.25) is 5.02 Å². The zero-order chi connectivity index (χ0) is 22.2. The summed E-state index contributed by atoms with van der Waals surface area (Å²) >= 11 is 6.22. The van der Waals surface area contributed by atoms with Gasteiger partial charge >= 0.3 is 0 Å². The van der Waals surface area contributed by atoms with Gasteiger partial charge in [0.2, 0.25) is 0 Å². The smallest absolute Gasteiger partial charge is 0.269 e. The second kappa shape index (κ2) is 8.21. The molecular weight excluding hydrogens is 432 g/mol. The van der Waals surface area contributed by atoms with Gasteiger partial charge in [0, 0.05) is 36.4 Å². The molecule has 32 heavy (non-hydrogen) atoms. The lowest BCUT2D eigenvalue weighted by Gasteiger charge is -2.17. The minimum absolute atomic E-state index is 0.121. The summed E-state index contributed by atoms with van der Waals surface area (Å²) in [5.41, 5.74) is 12.2. The van der Waals surface area contributed by atoms with Crippen molar-refractivity contribution < 1.29 is 9.42 Å². The van der Waals surface area contributed by atoms with E-state index in [1.807, 2.05) is 34.7 Å². The quantitative estimate of drug-likeness (QED) is 0.472. The average Bonchev–Trinajstić information content (AvgIpc) is 3.52. The van der Waals surface area contributed by atoms with Gasteiger partial charge in [0.05, 0.1) is 16.8 Å². The summed E-state index contributed by atoms with van der Waals surface area (Å²) < 4.78 is 6.67. The summed E-state index contributed by atoms with van der Waals surface area (Å²) in [4.78, 5) is 22.6. The van der Waals surface area contributed by atoms with E-state index in [1.54, 1.807) is 12.3 Å². The number of aryl methyl sites for hydroxylation is 1. The first-order chi connectivity index (χ1) is 15.6. The number of amides is 1. The van der Waals surface area contributed by atoms with E-state index in [2.05, 4.69) is 20.7 Å². The van der Waals surface area contributed by atoms with Crippen molar-refractivity contribution in [3.05, 3.63) is 41.0 Å². The van der Waals surface area contributed by atoms with Gasteiger partial charge in [-0.05, 0) is 42.2 Å². The Morgan fingerprint density at radius 1 is 1.25 bits per heavy atom. The summed E-state index contributed by atoms with van der Waals surface area (Å²) in [6, 6.07) is 7.34. The Labute approximate surface area is 188 Å². The number of hydrogen-bond acceptors (Lipinski definition) is 8. The first-order valence-electron chi connectivity index (χ1n) is 10.4. The maximum atomic E-state index is 13.2. The molecule has 4 heterocycles. The van der Waals surface area contributed by atoms with Crippen molar-refractivity contribution in [2.45, 2.75) is 26.3 Å². The number of anilines is 1. The Kier molecular flexibility index (Phi) is 5.24. The van der Waals surface area contributed by atoms with E-state index in [9.17, 15) is 4.79 Å². The van der Waals surface area contributed by atoms with Crippen LogP contribution >= 0.6 is 11.6 Å². The number of benzene rings is 1. The maximum absolute atomic E-state index is 13.2. The van der Waals surface area contributed by atoms with Crippen LogP contribution in [0.1, 0.15) is 30.1 Å². The lowest BCUT2D eigenvalue weighted by Crippen LogP contribution is -2.40. The zero-order valence-electron chi connectivity index (χ0n) is 17.4. The fourth-order valence-electron chi connectivity index (χ4n) is 4.03. The number of aromatic nitrogens is 5. The number of nitrogen functional groups attached to an aromatic ring is 1. The third-order valence-electron chi connectivity index (χ3n) is 5.52. The molecule has 10 nitrogen and oxygen atoms in total. The highest BCUT2D eigenvalue weighted by Crippen LogP contribution is 2.34. The molecule has 0 aliphatic carbocycles. The minimum Gasteiger partial charge on any atom is -0.379 e. The Morgan fingerprint density at radius 2 is 2.06 bits per heavy atom. The van der Waals surface area contributed by atoms with Gasteiger partial charge in [-0.1, -0.05) is 23.7 Å². The molecule has 1 aliphatic heterocycles. The van der Waals surface area contributed by atoms with Gasteiger partial charge in [-0.2, -0.15) is 0 Å². The SMILES string of the molecule is CCn1c(-c2nonc2N)nc2c(-c3cccc(Cl)c3)ncc(C(=O)NN3CCCC3)c21. The minimum atomic E-state index is -0.241. The van der Waals surface area contributed by atoms with E-state index in [0.29, 0.717) is 45.4 Å². The Morgan fingerprint density at radius 3 is 2.75 bits per heavy atom. The van der Waals surface area contributed by atoms with Crippen molar-refractivity contribution in [1.29, 1.82) is 0 Å². The summed E-state index contributed by atoms with van der Waals surface area (Å²) in [6.45, 7) is 4.11. The van der Waals surface area contributed by atoms with Crippen molar-refractivity contribution in [3.8, 4) is 22.8 Å². The Balaban J connectivity index is 1.74. The van der Waals surface area contributed by atoms with Gasteiger partial charge in [0.25, 0.3) is 5.91 Å². The van der Waals surface area contributed by atoms with Crippen LogP contribution in [0.5, 0.6) is 0 Å². The van der Waals surface area contributed by atoms with Gasteiger partial charge in [-0.3, -0.25) is 15.2 Å². The van der Waals surface area contributed by atoms with Crippen LogP contribution in [0.15, 0.2) is 35.1 Å². The third-order valence-corrected chi connectivity index (χ3v) is 5.76. The first kappa shape index (κ1) is 20.4. The molecule has 0 unspecified atom stereocenters. The molecule has 0 spiro atoms. The van der Waals surface area contributed by atoms with Crippen molar-refractivity contribution in [1.82, 2.24) is 35.3 Å². The molecule has 0 saturated carbocycles. The highest BCUT2D eigenvalue weighted by Gasteiger charge is 2.26. The molecule has 164 valence electrons. The fourth-order valence-corrected chi connectivity index (χ4v) is 4.22. The molecule has 3 N–H and O–H groups in total. The molecular formula is C21H21ClN8O2. The van der Waals surface area contributed by atoms with Gasteiger partial charge < -0.3 is 10.3 Å². The number of imidazole rings is 1. The van der Waals surface area contributed by atoms with E-state index in [-0.39, 0.29) is 11.7 Å². The predicted molar refractivity (Wildman–Crippen MR) is 120 cm³/mol. The molecule has 1 fully saturated rings. The van der Waals surface area contributed by atoms with Crippen molar-refractivity contribution in [3.63, 3.8) is 0 Å². The van der Waals surface area contributed by atoms with Crippen molar-refractivity contribution in [2.75, 3.05) is 18.8 Å². The lowest BCUT2D eigenvalue weighted by atomic mass is 10.1. The van der Waals surface area contributed by atoms with E-state index < -0.39 is 0 Å². The van der Waals surface area contributed by atoms with Crippen LogP contribution in [0.3, 0.4) is 0 Å². The molecule has 11 heteroatoms. The third kappa shape index (κ3) is 3.47.